The summed E-state index contributed by atoms with van der Waals surface area (Å²) in [6.45, 7) is 4.63. The first-order valence-corrected chi connectivity index (χ1v) is 9.60. The van der Waals surface area contributed by atoms with Gasteiger partial charge >= 0.3 is 0 Å². The standard InChI is InChI=1S/C19H22N4O2S/c1-15(24)21-16-5-7-17(8-6-16)26-14-19(25)23-12-10-22(11-13-23)18-4-2-3-9-20-18/h2-9H,10-14H2,1H3,(H,21,24)/p+1. The van der Waals surface area contributed by atoms with Crippen molar-refractivity contribution >= 4 is 35.1 Å². The second kappa shape index (κ2) is 8.71. The van der Waals surface area contributed by atoms with Gasteiger partial charge in [-0.05, 0) is 30.3 Å². The summed E-state index contributed by atoms with van der Waals surface area (Å²) < 4.78 is 0. The maximum absolute atomic E-state index is 12.4. The van der Waals surface area contributed by atoms with Crippen LogP contribution in [0.15, 0.2) is 53.6 Å². The maximum Gasteiger partial charge on any atom is 0.274 e. The minimum atomic E-state index is -0.0900. The first kappa shape index (κ1) is 18.3. The summed E-state index contributed by atoms with van der Waals surface area (Å²) in [7, 11) is 0. The molecular formula is C19H23N4O2S+. The highest BCUT2D eigenvalue weighted by atomic mass is 32.2. The van der Waals surface area contributed by atoms with Gasteiger partial charge in [0.05, 0.1) is 25.0 Å². The lowest BCUT2D eigenvalue weighted by atomic mass is 10.3. The fourth-order valence-corrected chi connectivity index (χ4v) is 3.65. The summed E-state index contributed by atoms with van der Waals surface area (Å²) in [5.74, 6) is 1.59. The molecule has 0 atom stereocenters. The van der Waals surface area contributed by atoms with E-state index in [0.717, 1.165) is 42.6 Å². The van der Waals surface area contributed by atoms with Crippen molar-refractivity contribution in [2.45, 2.75) is 11.8 Å². The predicted molar refractivity (Wildman–Crippen MR) is 103 cm³/mol. The van der Waals surface area contributed by atoms with Gasteiger partial charge in [0.15, 0.2) is 0 Å². The number of carbonyl (C=O) groups excluding carboxylic acids is 2. The van der Waals surface area contributed by atoms with Crippen LogP contribution in [0.3, 0.4) is 0 Å². The van der Waals surface area contributed by atoms with E-state index < -0.39 is 0 Å². The fraction of sp³-hybridized carbons (Fsp3) is 0.316. The van der Waals surface area contributed by atoms with Gasteiger partial charge < -0.3 is 10.2 Å². The van der Waals surface area contributed by atoms with Crippen LogP contribution in [0, 0.1) is 0 Å². The van der Waals surface area contributed by atoms with Crippen molar-refractivity contribution in [2.24, 2.45) is 0 Å². The minimum Gasteiger partial charge on any atom is -0.334 e. The highest BCUT2D eigenvalue weighted by Crippen LogP contribution is 2.21. The summed E-state index contributed by atoms with van der Waals surface area (Å²) in [5.41, 5.74) is 0.766. The summed E-state index contributed by atoms with van der Waals surface area (Å²) in [4.78, 5) is 31.9. The molecule has 26 heavy (non-hydrogen) atoms. The molecule has 2 amide bonds. The number of hydrogen-bond donors (Lipinski definition) is 1. The lowest BCUT2D eigenvalue weighted by Crippen LogP contribution is -2.50. The molecule has 7 heteroatoms. The number of carbonyl (C=O) groups is 2. The summed E-state index contributed by atoms with van der Waals surface area (Å²) in [6, 6.07) is 13.6. The van der Waals surface area contributed by atoms with Crippen LogP contribution in [0.5, 0.6) is 0 Å². The molecule has 2 N–H and O–H groups in total. The maximum atomic E-state index is 12.4. The number of nitrogens with one attached hydrogen (secondary N) is 2. The predicted octanol–water partition coefficient (Wildman–Crippen LogP) is 1.90. The van der Waals surface area contributed by atoms with E-state index in [-0.39, 0.29) is 11.8 Å². The Hall–Kier alpha value is -2.54. The van der Waals surface area contributed by atoms with Gasteiger partial charge in [0.2, 0.25) is 11.8 Å². The monoisotopic (exact) mass is 371 g/mol. The smallest absolute Gasteiger partial charge is 0.274 e. The second-order valence-corrected chi connectivity index (χ2v) is 7.16. The van der Waals surface area contributed by atoms with Crippen molar-refractivity contribution in [3.05, 3.63) is 48.7 Å². The van der Waals surface area contributed by atoms with Gasteiger partial charge in [-0.3, -0.25) is 14.5 Å². The third kappa shape index (κ3) is 4.98. The molecule has 1 aromatic carbocycles. The zero-order valence-corrected chi connectivity index (χ0v) is 15.6. The van der Waals surface area contributed by atoms with Gasteiger partial charge in [-0.15, -0.1) is 11.8 Å². The number of anilines is 2. The molecule has 0 aliphatic carbocycles. The molecule has 3 rings (SSSR count). The largest absolute Gasteiger partial charge is 0.334 e. The van der Waals surface area contributed by atoms with Gasteiger partial charge in [0.25, 0.3) is 5.82 Å². The number of rotatable bonds is 5. The van der Waals surface area contributed by atoms with E-state index >= 15 is 0 Å². The Morgan fingerprint density at radius 1 is 1.08 bits per heavy atom. The summed E-state index contributed by atoms with van der Waals surface area (Å²) >= 11 is 1.52. The third-order valence-corrected chi connectivity index (χ3v) is 5.20. The molecule has 0 saturated carbocycles. The van der Waals surface area contributed by atoms with Crippen LogP contribution < -0.4 is 15.2 Å². The van der Waals surface area contributed by atoms with Crippen LogP contribution in [-0.2, 0) is 9.59 Å². The molecular weight excluding hydrogens is 348 g/mol. The van der Waals surface area contributed by atoms with E-state index in [1.165, 1.54) is 18.7 Å². The van der Waals surface area contributed by atoms with Gasteiger partial charge in [-0.1, -0.05) is 6.07 Å². The lowest BCUT2D eigenvalue weighted by Gasteiger charge is -2.30. The first-order chi connectivity index (χ1) is 12.6. The summed E-state index contributed by atoms with van der Waals surface area (Å²) in [6.07, 6.45) is 1.92. The van der Waals surface area contributed by atoms with Crippen LogP contribution in [0.1, 0.15) is 6.92 Å². The van der Waals surface area contributed by atoms with E-state index in [1.54, 1.807) is 0 Å². The minimum absolute atomic E-state index is 0.0900. The molecule has 1 aliphatic heterocycles. The van der Waals surface area contributed by atoms with Crippen molar-refractivity contribution in [1.29, 1.82) is 0 Å². The Labute approximate surface area is 157 Å². The Bertz CT molecular complexity index is 744. The average molecular weight is 371 g/mol. The normalized spacial score (nSPS) is 14.2. The Morgan fingerprint density at radius 2 is 1.81 bits per heavy atom. The molecule has 0 unspecified atom stereocenters. The molecule has 1 aromatic heterocycles. The van der Waals surface area contributed by atoms with Crippen molar-refractivity contribution < 1.29 is 14.6 Å². The molecule has 0 bridgehead atoms. The summed E-state index contributed by atoms with van der Waals surface area (Å²) in [5, 5.41) is 2.74. The van der Waals surface area contributed by atoms with E-state index in [2.05, 4.69) is 21.3 Å². The number of hydrogen-bond acceptors (Lipinski definition) is 4. The number of piperazine rings is 1. The molecule has 1 aliphatic rings. The molecule has 0 spiro atoms. The van der Waals surface area contributed by atoms with Crippen LogP contribution in [0.2, 0.25) is 0 Å². The van der Waals surface area contributed by atoms with Crippen molar-refractivity contribution in [3.8, 4) is 0 Å². The highest BCUT2D eigenvalue weighted by Gasteiger charge is 2.25. The highest BCUT2D eigenvalue weighted by molar-refractivity contribution is 8.00. The van der Waals surface area contributed by atoms with Crippen LogP contribution in [0.25, 0.3) is 0 Å². The van der Waals surface area contributed by atoms with E-state index in [4.69, 9.17) is 0 Å². The van der Waals surface area contributed by atoms with Gasteiger partial charge in [0, 0.05) is 23.6 Å². The van der Waals surface area contributed by atoms with Gasteiger partial charge in [0.1, 0.15) is 13.1 Å². The second-order valence-electron chi connectivity index (χ2n) is 6.11. The Balaban J connectivity index is 1.45. The average Bonchev–Trinajstić information content (AvgIpc) is 2.67. The number of aromatic amines is 1. The molecule has 1 saturated heterocycles. The molecule has 1 fully saturated rings. The fourth-order valence-electron chi connectivity index (χ4n) is 2.85. The number of aromatic nitrogens is 1. The molecule has 6 nitrogen and oxygen atoms in total. The van der Waals surface area contributed by atoms with Crippen LogP contribution in [-0.4, -0.2) is 48.6 Å². The number of amides is 2. The lowest BCUT2D eigenvalue weighted by molar-refractivity contribution is -0.364. The van der Waals surface area contributed by atoms with E-state index in [9.17, 15) is 9.59 Å². The van der Waals surface area contributed by atoms with Crippen molar-refractivity contribution in [2.75, 3.05) is 42.1 Å². The zero-order valence-electron chi connectivity index (χ0n) is 14.8. The number of pyridine rings is 1. The Kier molecular flexibility index (Phi) is 6.12. The quantitative estimate of drug-likeness (QED) is 0.816. The number of H-pyrrole nitrogens is 1. The number of nitrogens with zero attached hydrogens (tertiary/aromatic N) is 2. The third-order valence-electron chi connectivity index (χ3n) is 4.20. The van der Waals surface area contributed by atoms with Crippen molar-refractivity contribution in [1.82, 2.24) is 4.90 Å². The molecule has 2 heterocycles. The van der Waals surface area contributed by atoms with Gasteiger partial charge in [-0.25, -0.2) is 4.98 Å². The van der Waals surface area contributed by atoms with Gasteiger partial charge in [-0.2, -0.15) is 0 Å². The first-order valence-electron chi connectivity index (χ1n) is 8.62. The number of thioether (sulfide) groups is 1. The SMILES string of the molecule is CC(=O)Nc1ccc(SCC(=O)N2CCN(c3cccc[nH+]3)CC2)cc1. The topological polar surface area (TPSA) is 66.8 Å². The van der Waals surface area contributed by atoms with Crippen LogP contribution in [0.4, 0.5) is 11.5 Å². The van der Waals surface area contributed by atoms with Crippen LogP contribution >= 0.6 is 11.8 Å². The molecule has 136 valence electrons. The molecule has 0 radical (unpaired) electrons. The van der Waals surface area contributed by atoms with Crippen molar-refractivity contribution in [3.63, 3.8) is 0 Å². The van der Waals surface area contributed by atoms with E-state index in [0.29, 0.717) is 5.75 Å². The zero-order chi connectivity index (χ0) is 18.4. The Morgan fingerprint density at radius 3 is 2.42 bits per heavy atom. The molecule has 2 aromatic rings. The number of benzene rings is 1. The van der Waals surface area contributed by atoms with E-state index in [1.807, 2.05) is 47.5 Å².